The number of ether oxygens (including phenoxy) is 1. The lowest BCUT2D eigenvalue weighted by Crippen LogP contribution is -2.49. The first-order chi connectivity index (χ1) is 8.67. The Labute approximate surface area is 113 Å². The highest BCUT2D eigenvalue weighted by molar-refractivity contribution is 4.80. The maximum atomic E-state index is 5.36. The molecule has 0 amide bonds. The lowest BCUT2D eigenvalue weighted by atomic mass is 9.95. The summed E-state index contributed by atoms with van der Waals surface area (Å²) in [6, 6.07) is 0.537. The van der Waals surface area contributed by atoms with Crippen molar-refractivity contribution in [3.05, 3.63) is 0 Å². The number of nitrogens with zero attached hydrogens (tertiary/aromatic N) is 2. The molecule has 0 aliphatic carbocycles. The molecule has 0 saturated carbocycles. The van der Waals surface area contributed by atoms with E-state index < -0.39 is 0 Å². The fourth-order valence-corrected chi connectivity index (χ4v) is 2.81. The van der Waals surface area contributed by atoms with Crippen molar-refractivity contribution >= 4 is 0 Å². The number of piperidine rings is 1. The quantitative estimate of drug-likeness (QED) is 0.699. The third-order valence-corrected chi connectivity index (χ3v) is 3.78. The van der Waals surface area contributed by atoms with Gasteiger partial charge in [-0.05, 0) is 52.5 Å². The molecule has 0 spiro atoms. The maximum absolute atomic E-state index is 5.36. The second-order valence-corrected chi connectivity index (χ2v) is 5.66. The molecule has 0 radical (unpaired) electrons. The first kappa shape index (κ1) is 15.9. The van der Waals surface area contributed by atoms with E-state index in [1.165, 1.54) is 32.5 Å². The predicted molar refractivity (Wildman–Crippen MR) is 77.1 cm³/mol. The Balaban J connectivity index is 2.33. The van der Waals surface area contributed by atoms with E-state index in [1.807, 2.05) is 0 Å². The molecule has 4 heteroatoms. The molecule has 1 aliphatic rings. The summed E-state index contributed by atoms with van der Waals surface area (Å²) in [7, 11) is 6.15. The van der Waals surface area contributed by atoms with E-state index >= 15 is 0 Å². The average Bonchev–Trinajstić information content (AvgIpc) is 2.35. The van der Waals surface area contributed by atoms with Crippen LogP contribution in [-0.2, 0) is 4.74 Å². The number of nitrogens with one attached hydrogen (secondary N) is 1. The van der Waals surface area contributed by atoms with E-state index in [0.29, 0.717) is 6.04 Å². The van der Waals surface area contributed by atoms with Crippen LogP contribution in [0, 0.1) is 5.92 Å². The first-order valence-electron chi connectivity index (χ1n) is 7.25. The third kappa shape index (κ3) is 5.65. The van der Waals surface area contributed by atoms with Gasteiger partial charge in [0.1, 0.15) is 0 Å². The van der Waals surface area contributed by atoms with Gasteiger partial charge in [0.2, 0.25) is 0 Å². The average molecular weight is 257 g/mol. The molecule has 1 aliphatic heterocycles. The Morgan fingerprint density at radius 3 is 2.50 bits per heavy atom. The number of likely N-dealkylation sites (tertiary alicyclic amines) is 1. The minimum Gasteiger partial charge on any atom is -0.383 e. The molecule has 1 rings (SSSR count). The van der Waals surface area contributed by atoms with Crippen molar-refractivity contribution in [1.29, 1.82) is 0 Å². The zero-order chi connectivity index (χ0) is 13.4. The fraction of sp³-hybridized carbons (Fsp3) is 1.00. The van der Waals surface area contributed by atoms with Gasteiger partial charge >= 0.3 is 0 Å². The maximum Gasteiger partial charge on any atom is 0.0630 e. The molecule has 1 saturated heterocycles. The molecule has 1 atom stereocenters. The van der Waals surface area contributed by atoms with Gasteiger partial charge in [0.25, 0.3) is 0 Å². The largest absolute Gasteiger partial charge is 0.383 e. The van der Waals surface area contributed by atoms with Crippen LogP contribution in [0.4, 0.5) is 0 Å². The summed E-state index contributed by atoms with van der Waals surface area (Å²) in [6.45, 7) is 8.75. The van der Waals surface area contributed by atoms with Crippen LogP contribution in [0.25, 0.3) is 0 Å². The molecular formula is C14H31N3O. The highest BCUT2D eigenvalue weighted by atomic mass is 16.5. The van der Waals surface area contributed by atoms with Gasteiger partial charge in [-0.2, -0.15) is 0 Å². The Kier molecular flexibility index (Phi) is 7.82. The van der Waals surface area contributed by atoms with Gasteiger partial charge < -0.3 is 15.0 Å². The fourth-order valence-electron chi connectivity index (χ4n) is 2.81. The van der Waals surface area contributed by atoms with E-state index in [9.17, 15) is 0 Å². The van der Waals surface area contributed by atoms with Crippen LogP contribution < -0.4 is 5.32 Å². The van der Waals surface area contributed by atoms with Gasteiger partial charge in [-0.1, -0.05) is 6.92 Å². The highest BCUT2D eigenvalue weighted by Gasteiger charge is 2.24. The lowest BCUT2D eigenvalue weighted by Gasteiger charge is -2.38. The molecule has 0 aromatic carbocycles. The number of likely N-dealkylation sites (N-methyl/N-ethyl adjacent to an activating group) is 1. The molecule has 0 bridgehead atoms. The van der Waals surface area contributed by atoms with Crippen molar-refractivity contribution in [3.8, 4) is 0 Å². The summed E-state index contributed by atoms with van der Waals surface area (Å²) in [5.74, 6) is 0.874. The van der Waals surface area contributed by atoms with Gasteiger partial charge in [0, 0.05) is 26.2 Å². The van der Waals surface area contributed by atoms with Crippen molar-refractivity contribution in [3.63, 3.8) is 0 Å². The normalized spacial score (nSPS) is 20.5. The predicted octanol–water partition coefficient (Wildman–Crippen LogP) is 0.885. The topological polar surface area (TPSA) is 27.7 Å². The summed E-state index contributed by atoms with van der Waals surface area (Å²) >= 11 is 0. The molecule has 18 heavy (non-hydrogen) atoms. The van der Waals surface area contributed by atoms with E-state index in [2.05, 4.69) is 36.1 Å². The van der Waals surface area contributed by atoms with Crippen molar-refractivity contribution in [2.24, 2.45) is 5.92 Å². The van der Waals surface area contributed by atoms with Crippen molar-refractivity contribution in [2.75, 3.05) is 60.5 Å². The summed E-state index contributed by atoms with van der Waals surface area (Å²) in [5, 5.41) is 3.44. The SMILES string of the molecule is CCNCC(COC)N1CCC(CN(C)C)CC1. The molecular weight excluding hydrogens is 226 g/mol. The summed E-state index contributed by atoms with van der Waals surface area (Å²) < 4.78 is 5.36. The van der Waals surface area contributed by atoms with Gasteiger partial charge in [0.15, 0.2) is 0 Å². The Morgan fingerprint density at radius 2 is 2.00 bits per heavy atom. The minimum atomic E-state index is 0.537. The van der Waals surface area contributed by atoms with Gasteiger partial charge in [-0.15, -0.1) is 0 Å². The number of hydrogen-bond acceptors (Lipinski definition) is 4. The van der Waals surface area contributed by atoms with Crippen LogP contribution in [0.1, 0.15) is 19.8 Å². The zero-order valence-electron chi connectivity index (χ0n) is 12.6. The first-order valence-corrected chi connectivity index (χ1v) is 7.25. The van der Waals surface area contributed by atoms with Gasteiger partial charge in [-0.25, -0.2) is 0 Å². The minimum absolute atomic E-state index is 0.537. The molecule has 1 heterocycles. The Morgan fingerprint density at radius 1 is 1.33 bits per heavy atom. The van der Waals surface area contributed by atoms with E-state index in [4.69, 9.17) is 4.74 Å². The zero-order valence-corrected chi connectivity index (χ0v) is 12.6. The van der Waals surface area contributed by atoms with Crippen molar-refractivity contribution in [1.82, 2.24) is 15.1 Å². The molecule has 108 valence electrons. The Hall–Kier alpha value is -0.160. The molecule has 1 fully saturated rings. The van der Waals surface area contributed by atoms with Crippen molar-refractivity contribution < 1.29 is 4.74 Å². The second kappa shape index (κ2) is 8.86. The van der Waals surface area contributed by atoms with E-state index in [-0.39, 0.29) is 0 Å². The molecule has 1 unspecified atom stereocenters. The smallest absolute Gasteiger partial charge is 0.0630 e. The van der Waals surface area contributed by atoms with Crippen LogP contribution in [0.15, 0.2) is 0 Å². The third-order valence-electron chi connectivity index (χ3n) is 3.78. The molecule has 4 nitrogen and oxygen atoms in total. The van der Waals surface area contributed by atoms with E-state index in [1.54, 1.807) is 7.11 Å². The number of hydrogen-bond donors (Lipinski definition) is 1. The van der Waals surface area contributed by atoms with Gasteiger partial charge in [-0.3, -0.25) is 4.90 Å². The van der Waals surface area contributed by atoms with Crippen LogP contribution in [0.2, 0.25) is 0 Å². The highest BCUT2D eigenvalue weighted by Crippen LogP contribution is 2.19. The second-order valence-electron chi connectivity index (χ2n) is 5.66. The molecule has 0 aromatic rings. The van der Waals surface area contributed by atoms with E-state index in [0.717, 1.165) is 25.6 Å². The standard InChI is InChI=1S/C14H31N3O/c1-5-15-10-14(12-18-4)17-8-6-13(7-9-17)11-16(2)3/h13-15H,5-12H2,1-4H3. The number of methoxy groups -OCH3 is 1. The lowest BCUT2D eigenvalue weighted by molar-refractivity contribution is 0.0608. The summed E-state index contributed by atoms with van der Waals surface area (Å²) in [4.78, 5) is 4.91. The van der Waals surface area contributed by atoms with Crippen LogP contribution in [0.3, 0.4) is 0 Å². The monoisotopic (exact) mass is 257 g/mol. The summed E-state index contributed by atoms with van der Waals surface area (Å²) in [5.41, 5.74) is 0. The van der Waals surface area contributed by atoms with Gasteiger partial charge in [0.05, 0.1) is 6.61 Å². The van der Waals surface area contributed by atoms with Crippen LogP contribution in [0.5, 0.6) is 0 Å². The molecule has 0 aromatic heterocycles. The van der Waals surface area contributed by atoms with Crippen LogP contribution >= 0.6 is 0 Å². The molecule has 1 N–H and O–H groups in total. The summed E-state index contributed by atoms with van der Waals surface area (Å²) in [6.07, 6.45) is 2.65. The van der Waals surface area contributed by atoms with Crippen molar-refractivity contribution in [2.45, 2.75) is 25.8 Å². The van der Waals surface area contributed by atoms with Crippen LogP contribution in [-0.4, -0.2) is 76.4 Å². The Bertz CT molecular complexity index is 203. The number of rotatable bonds is 8.